The molecule has 1 unspecified atom stereocenters. The highest BCUT2D eigenvalue weighted by atomic mass is 35.5. The minimum absolute atomic E-state index is 0.0126. The molecule has 36 heavy (non-hydrogen) atoms. The summed E-state index contributed by atoms with van der Waals surface area (Å²) in [5, 5.41) is 14.4. The molecule has 0 radical (unpaired) electrons. The first-order valence-corrected chi connectivity index (χ1v) is 11.3. The average molecular weight is 529 g/mol. The Balaban J connectivity index is 1.85. The Hall–Kier alpha value is -3.99. The Morgan fingerprint density at radius 2 is 1.81 bits per heavy atom. The Morgan fingerprint density at radius 1 is 1.06 bits per heavy atom. The van der Waals surface area contributed by atoms with E-state index < -0.39 is 16.7 Å². The van der Waals surface area contributed by atoms with E-state index in [1.165, 1.54) is 30.3 Å². The van der Waals surface area contributed by atoms with Crippen LogP contribution in [0, 0.1) is 10.1 Å². The van der Waals surface area contributed by atoms with Crippen molar-refractivity contribution in [2.45, 2.75) is 12.3 Å². The van der Waals surface area contributed by atoms with Gasteiger partial charge in [-0.15, -0.1) is 0 Å². The smallest absolute Gasteiger partial charge is 0.279 e. The number of amidine groups is 1. The SMILES string of the molecule is NCCC(C(=O)Nc1ccc(N)c(C(N)=NC(=O)c2cccc([N+](=O)[O-])c2)c1)c1ccc(Cl)c(Cl)c1. The predicted octanol–water partition coefficient (Wildman–Crippen LogP) is 4.10. The number of nitrogens with one attached hydrogen (secondary N) is 1. The zero-order chi connectivity index (χ0) is 26.4. The van der Waals surface area contributed by atoms with Gasteiger partial charge < -0.3 is 22.5 Å². The predicted molar refractivity (Wildman–Crippen MR) is 141 cm³/mol. The van der Waals surface area contributed by atoms with Crippen LogP contribution in [-0.2, 0) is 4.79 Å². The molecule has 10 nitrogen and oxygen atoms in total. The summed E-state index contributed by atoms with van der Waals surface area (Å²) in [4.78, 5) is 39.8. The van der Waals surface area contributed by atoms with Crippen LogP contribution in [-0.4, -0.2) is 29.1 Å². The Labute approximate surface area is 216 Å². The van der Waals surface area contributed by atoms with Gasteiger partial charge in [-0.25, -0.2) is 0 Å². The molecule has 0 heterocycles. The van der Waals surface area contributed by atoms with Crippen molar-refractivity contribution in [3.8, 4) is 0 Å². The van der Waals surface area contributed by atoms with Gasteiger partial charge >= 0.3 is 0 Å². The lowest BCUT2D eigenvalue weighted by molar-refractivity contribution is -0.384. The van der Waals surface area contributed by atoms with E-state index in [1.807, 2.05) is 0 Å². The number of hydrogen-bond acceptors (Lipinski definition) is 6. The van der Waals surface area contributed by atoms with Gasteiger partial charge in [0.15, 0.2) is 0 Å². The normalized spacial score (nSPS) is 12.1. The van der Waals surface area contributed by atoms with Crippen molar-refractivity contribution in [1.29, 1.82) is 0 Å². The first-order valence-electron chi connectivity index (χ1n) is 10.6. The molecule has 3 aromatic rings. The molecule has 1 atom stereocenters. The third kappa shape index (κ3) is 6.36. The standard InChI is InChI=1S/C24H22Cl2N6O4/c25-19-6-4-13(11-20(19)26)17(8-9-27)24(34)30-15-5-7-21(28)18(12-15)22(29)31-23(33)14-2-1-3-16(10-14)32(35)36/h1-7,10-12,17H,8-9,27-28H2,(H,30,34)(H2,29,31,33). The monoisotopic (exact) mass is 528 g/mol. The minimum Gasteiger partial charge on any atom is -0.398 e. The number of carbonyl (C=O) groups excluding carboxylic acids is 2. The van der Waals surface area contributed by atoms with Crippen LogP contribution in [0.15, 0.2) is 65.7 Å². The van der Waals surface area contributed by atoms with Crippen molar-refractivity contribution < 1.29 is 14.5 Å². The second kappa shape index (κ2) is 11.6. The van der Waals surface area contributed by atoms with Crippen molar-refractivity contribution in [3.05, 3.63) is 97.5 Å². The molecule has 0 spiro atoms. The third-order valence-corrected chi connectivity index (χ3v) is 5.98. The number of nitrogen functional groups attached to an aromatic ring is 1. The van der Waals surface area contributed by atoms with Crippen molar-refractivity contribution in [3.63, 3.8) is 0 Å². The molecule has 3 rings (SSSR count). The summed E-state index contributed by atoms with van der Waals surface area (Å²) in [6, 6.07) is 14.6. The van der Waals surface area contributed by atoms with Gasteiger partial charge in [-0.3, -0.25) is 19.7 Å². The van der Waals surface area contributed by atoms with E-state index in [0.29, 0.717) is 27.7 Å². The highest BCUT2D eigenvalue weighted by molar-refractivity contribution is 6.42. The van der Waals surface area contributed by atoms with Crippen LogP contribution in [0.1, 0.15) is 33.8 Å². The van der Waals surface area contributed by atoms with Crippen LogP contribution < -0.4 is 22.5 Å². The molecule has 12 heteroatoms. The number of non-ortho nitro benzene ring substituents is 1. The summed E-state index contributed by atoms with van der Waals surface area (Å²) >= 11 is 12.1. The maximum Gasteiger partial charge on any atom is 0.279 e. The second-order valence-electron chi connectivity index (χ2n) is 7.70. The number of nitro benzene ring substituents is 1. The Kier molecular flexibility index (Phi) is 8.59. The molecule has 2 amide bonds. The van der Waals surface area contributed by atoms with Crippen LogP contribution in [0.3, 0.4) is 0 Å². The highest BCUT2D eigenvalue weighted by Gasteiger charge is 2.22. The molecule has 0 aliphatic heterocycles. The van der Waals surface area contributed by atoms with Gasteiger partial charge in [-0.1, -0.05) is 35.3 Å². The summed E-state index contributed by atoms with van der Waals surface area (Å²) in [5.41, 5.74) is 18.9. The van der Waals surface area contributed by atoms with E-state index in [1.54, 1.807) is 24.3 Å². The maximum atomic E-state index is 13.1. The topological polar surface area (TPSA) is 180 Å². The number of carbonyl (C=O) groups is 2. The van der Waals surface area contributed by atoms with Gasteiger partial charge in [0.25, 0.3) is 11.6 Å². The number of halogens is 2. The number of aliphatic imine (C=N–C) groups is 1. The zero-order valence-corrected chi connectivity index (χ0v) is 20.3. The number of amides is 2. The van der Waals surface area contributed by atoms with Gasteiger partial charge in [0.05, 0.1) is 20.9 Å². The van der Waals surface area contributed by atoms with E-state index in [0.717, 1.165) is 6.07 Å². The molecule has 7 N–H and O–H groups in total. The van der Waals surface area contributed by atoms with E-state index >= 15 is 0 Å². The molecule has 0 aliphatic rings. The van der Waals surface area contributed by atoms with Gasteiger partial charge in [0.2, 0.25) is 5.91 Å². The Morgan fingerprint density at radius 3 is 2.47 bits per heavy atom. The van der Waals surface area contributed by atoms with Crippen LogP contribution in [0.25, 0.3) is 0 Å². The van der Waals surface area contributed by atoms with Gasteiger partial charge in [-0.2, -0.15) is 4.99 Å². The number of anilines is 2. The van der Waals surface area contributed by atoms with Gasteiger partial charge in [0, 0.05) is 34.6 Å². The minimum atomic E-state index is -0.785. The number of hydrogen-bond donors (Lipinski definition) is 4. The van der Waals surface area contributed by atoms with E-state index in [-0.39, 0.29) is 40.8 Å². The summed E-state index contributed by atoms with van der Waals surface area (Å²) in [7, 11) is 0. The van der Waals surface area contributed by atoms with Crippen molar-refractivity contribution in [2.24, 2.45) is 16.5 Å². The van der Waals surface area contributed by atoms with Gasteiger partial charge in [-0.05, 0) is 54.9 Å². The average Bonchev–Trinajstić information content (AvgIpc) is 2.85. The van der Waals surface area contributed by atoms with Crippen molar-refractivity contribution >= 4 is 57.9 Å². The lowest BCUT2D eigenvalue weighted by atomic mass is 9.94. The molecule has 0 bridgehead atoms. The number of nitro groups is 1. The number of benzene rings is 3. The Bertz CT molecular complexity index is 1360. The van der Waals surface area contributed by atoms with E-state index in [2.05, 4.69) is 10.3 Å². The molecular weight excluding hydrogens is 507 g/mol. The molecule has 0 saturated heterocycles. The van der Waals surface area contributed by atoms with Crippen LogP contribution in [0.2, 0.25) is 10.0 Å². The summed E-state index contributed by atoms with van der Waals surface area (Å²) in [6.07, 6.45) is 0.354. The lowest BCUT2D eigenvalue weighted by Gasteiger charge is -2.18. The summed E-state index contributed by atoms with van der Waals surface area (Å²) in [6.45, 7) is 0.255. The molecule has 0 aromatic heterocycles. The third-order valence-electron chi connectivity index (χ3n) is 5.24. The molecule has 186 valence electrons. The fourth-order valence-corrected chi connectivity index (χ4v) is 3.72. The fourth-order valence-electron chi connectivity index (χ4n) is 3.42. The fraction of sp³-hybridized carbons (Fsp3) is 0.125. The van der Waals surface area contributed by atoms with E-state index in [4.69, 9.17) is 40.4 Å². The van der Waals surface area contributed by atoms with Crippen molar-refractivity contribution in [1.82, 2.24) is 0 Å². The first-order chi connectivity index (χ1) is 17.1. The number of rotatable bonds is 8. The summed E-state index contributed by atoms with van der Waals surface area (Å²) in [5.74, 6) is -1.96. The van der Waals surface area contributed by atoms with Crippen LogP contribution >= 0.6 is 23.2 Å². The quantitative estimate of drug-likeness (QED) is 0.111. The number of nitrogens with zero attached hydrogens (tertiary/aromatic N) is 2. The molecule has 3 aromatic carbocycles. The maximum absolute atomic E-state index is 13.1. The molecular formula is C24H22Cl2N6O4. The highest BCUT2D eigenvalue weighted by Crippen LogP contribution is 2.29. The molecule has 0 fully saturated rings. The summed E-state index contributed by atoms with van der Waals surface area (Å²) < 4.78 is 0. The first kappa shape index (κ1) is 26.6. The van der Waals surface area contributed by atoms with Gasteiger partial charge in [0.1, 0.15) is 5.84 Å². The largest absolute Gasteiger partial charge is 0.398 e. The molecule has 0 saturated carbocycles. The molecule has 0 aliphatic carbocycles. The van der Waals surface area contributed by atoms with Crippen LogP contribution in [0.4, 0.5) is 17.1 Å². The lowest BCUT2D eigenvalue weighted by Crippen LogP contribution is -2.24. The van der Waals surface area contributed by atoms with Crippen molar-refractivity contribution in [2.75, 3.05) is 17.6 Å². The number of nitrogens with two attached hydrogens (primary N) is 3. The zero-order valence-electron chi connectivity index (χ0n) is 18.8. The second-order valence-corrected chi connectivity index (χ2v) is 8.52. The van der Waals surface area contributed by atoms with E-state index in [9.17, 15) is 19.7 Å². The van der Waals surface area contributed by atoms with Crippen LogP contribution in [0.5, 0.6) is 0 Å².